The summed E-state index contributed by atoms with van der Waals surface area (Å²) in [5, 5.41) is 8.61. The number of carbonyl (C=O) groups is 2. The van der Waals surface area contributed by atoms with E-state index in [1.54, 1.807) is 6.07 Å². The number of carboxylic acids is 1. The molecule has 19 heavy (non-hydrogen) atoms. The minimum Gasteiger partial charge on any atom is -0.478 e. The van der Waals surface area contributed by atoms with Crippen molar-refractivity contribution in [1.29, 1.82) is 0 Å². The van der Waals surface area contributed by atoms with Crippen LogP contribution in [0.1, 0.15) is 21.5 Å². The molecule has 0 radical (unpaired) electrons. The summed E-state index contributed by atoms with van der Waals surface area (Å²) in [5.41, 5.74) is 3.90. The third kappa shape index (κ3) is 1.85. The number of hydrogen-bond acceptors (Lipinski definition) is 2. The maximum atomic E-state index is 12.2. The van der Waals surface area contributed by atoms with Crippen LogP contribution in [0.15, 0.2) is 48.5 Å². The second-order valence-corrected chi connectivity index (χ2v) is 4.35. The Morgan fingerprint density at radius 3 is 2.37 bits per heavy atom. The van der Waals surface area contributed by atoms with E-state index in [0.29, 0.717) is 16.7 Å². The molecule has 1 aliphatic rings. The Balaban J connectivity index is 2.10. The molecule has 0 saturated heterocycles. The molecule has 0 saturated carbocycles. The van der Waals surface area contributed by atoms with Crippen LogP contribution >= 0.6 is 0 Å². The van der Waals surface area contributed by atoms with E-state index in [0.717, 1.165) is 17.2 Å². The van der Waals surface area contributed by atoms with E-state index in [4.69, 9.17) is 5.11 Å². The van der Waals surface area contributed by atoms with Gasteiger partial charge in [-0.2, -0.15) is 0 Å². The SMILES string of the molecule is O=C(O)C=Cc1ccc2c(c1)C(=O)c1ccccc1-2. The predicted octanol–water partition coefficient (Wildman–Crippen LogP) is 3.00. The standard InChI is InChI=1S/C16H10O3/c17-15(18)8-6-10-5-7-12-11-3-1-2-4-13(11)16(19)14(12)9-10/h1-9H,(H,17,18). The summed E-state index contributed by atoms with van der Waals surface area (Å²) in [6.45, 7) is 0. The molecule has 3 nitrogen and oxygen atoms in total. The van der Waals surface area contributed by atoms with Crippen LogP contribution in [-0.2, 0) is 4.79 Å². The number of fused-ring (bicyclic) bond motifs is 3. The topological polar surface area (TPSA) is 54.4 Å². The fraction of sp³-hybridized carbons (Fsp3) is 0. The van der Waals surface area contributed by atoms with E-state index < -0.39 is 5.97 Å². The Labute approximate surface area is 109 Å². The predicted molar refractivity (Wildman–Crippen MR) is 72.0 cm³/mol. The molecule has 0 amide bonds. The molecule has 0 spiro atoms. The quantitative estimate of drug-likeness (QED) is 0.711. The highest BCUT2D eigenvalue weighted by atomic mass is 16.4. The molecule has 0 fully saturated rings. The van der Waals surface area contributed by atoms with Crippen LogP contribution in [0.2, 0.25) is 0 Å². The number of carbonyl (C=O) groups excluding carboxylic acids is 1. The van der Waals surface area contributed by atoms with Gasteiger partial charge in [0.2, 0.25) is 0 Å². The Morgan fingerprint density at radius 2 is 1.63 bits per heavy atom. The van der Waals surface area contributed by atoms with Gasteiger partial charge in [-0.3, -0.25) is 4.79 Å². The van der Waals surface area contributed by atoms with Crippen LogP contribution in [0.5, 0.6) is 0 Å². The van der Waals surface area contributed by atoms with Crippen molar-refractivity contribution in [2.75, 3.05) is 0 Å². The normalized spacial score (nSPS) is 12.5. The van der Waals surface area contributed by atoms with Crippen LogP contribution in [0.25, 0.3) is 17.2 Å². The molecular weight excluding hydrogens is 240 g/mol. The summed E-state index contributed by atoms with van der Waals surface area (Å²) in [7, 11) is 0. The van der Waals surface area contributed by atoms with Crippen molar-refractivity contribution in [2.45, 2.75) is 0 Å². The van der Waals surface area contributed by atoms with Gasteiger partial charge in [-0.1, -0.05) is 36.4 Å². The summed E-state index contributed by atoms with van der Waals surface area (Å²) in [6.07, 6.45) is 2.55. The third-order valence-electron chi connectivity index (χ3n) is 3.17. The molecule has 0 aromatic heterocycles. The summed E-state index contributed by atoms with van der Waals surface area (Å²) < 4.78 is 0. The Bertz CT molecular complexity index is 727. The molecule has 0 bridgehead atoms. The van der Waals surface area contributed by atoms with Gasteiger partial charge in [0.25, 0.3) is 0 Å². The zero-order chi connectivity index (χ0) is 13.4. The minimum absolute atomic E-state index is 0.00354. The zero-order valence-electron chi connectivity index (χ0n) is 9.96. The van der Waals surface area contributed by atoms with E-state index in [1.807, 2.05) is 36.4 Å². The largest absolute Gasteiger partial charge is 0.478 e. The van der Waals surface area contributed by atoms with Gasteiger partial charge in [0.15, 0.2) is 5.78 Å². The van der Waals surface area contributed by atoms with Gasteiger partial charge in [0, 0.05) is 17.2 Å². The number of benzene rings is 2. The number of carboxylic acid groups (broad SMARTS) is 1. The van der Waals surface area contributed by atoms with Crippen molar-refractivity contribution in [3.63, 3.8) is 0 Å². The van der Waals surface area contributed by atoms with E-state index in [1.165, 1.54) is 6.08 Å². The lowest BCUT2D eigenvalue weighted by atomic mass is 10.0. The van der Waals surface area contributed by atoms with E-state index in [9.17, 15) is 9.59 Å². The molecule has 92 valence electrons. The van der Waals surface area contributed by atoms with Crippen LogP contribution in [0.4, 0.5) is 0 Å². The summed E-state index contributed by atoms with van der Waals surface area (Å²) in [6, 6.07) is 12.9. The van der Waals surface area contributed by atoms with Crippen molar-refractivity contribution >= 4 is 17.8 Å². The second-order valence-electron chi connectivity index (χ2n) is 4.35. The van der Waals surface area contributed by atoms with Crippen LogP contribution in [-0.4, -0.2) is 16.9 Å². The molecule has 0 atom stereocenters. The van der Waals surface area contributed by atoms with Gasteiger partial charge in [-0.05, 0) is 28.8 Å². The number of rotatable bonds is 2. The molecule has 3 heteroatoms. The Kier molecular flexibility index (Phi) is 2.53. The number of aliphatic carboxylic acids is 1. The summed E-state index contributed by atoms with van der Waals surface area (Å²) in [5.74, 6) is -1.01. The first-order valence-corrected chi connectivity index (χ1v) is 5.86. The molecule has 3 rings (SSSR count). The zero-order valence-corrected chi connectivity index (χ0v) is 9.96. The first-order valence-electron chi connectivity index (χ1n) is 5.86. The third-order valence-corrected chi connectivity index (χ3v) is 3.17. The molecule has 0 heterocycles. The maximum absolute atomic E-state index is 12.2. The second kappa shape index (κ2) is 4.21. The molecule has 1 aliphatic carbocycles. The highest BCUT2D eigenvalue weighted by Crippen LogP contribution is 2.36. The molecule has 2 aromatic rings. The molecule has 0 unspecified atom stereocenters. The molecule has 0 aliphatic heterocycles. The number of ketones is 1. The van der Waals surface area contributed by atoms with Gasteiger partial charge < -0.3 is 5.11 Å². The van der Waals surface area contributed by atoms with Gasteiger partial charge in [-0.25, -0.2) is 4.79 Å². The first kappa shape index (κ1) is 11.4. The summed E-state index contributed by atoms with van der Waals surface area (Å²) in [4.78, 5) is 22.7. The van der Waals surface area contributed by atoms with Crippen molar-refractivity contribution in [2.24, 2.45) is 0 Å². The highest BCUT2D eigenvalue weighted by Gasteiger charge is 2.25. The van der Waals surface area contributed by atoms with E-state index >= 15 is 0 Å². The van der Waals surface area contributed by atoms with Gasteiger partial charge in [0.05, 0.1) is 0 Å². The maximum Gasteiger partial charge on any atom is 0.328 e. The molecule has 1 N–H and O–H groups in total. The average Bonchev–Trinajstić information content (AvgIpc) is 2.71. The fourth-order valence-electron chi connectivity index (χ4n) is 2.32. The molecular formula is C16H10O3. The highest BCUT2D eigenvalue weighted by molar-refractivity contribution is 6.21. The van der Waals surface area contributed by atoms with Crippen molar-refractivity contribution in [3.8, 4) is 11.1 Å². The number of hydrogen-bond donors (Lipinski definition) is 1. The molecule has 2 aromatic carbocycles. The van der Waals surface area contributed by atoms with Gasteiger partial charge in [-0.15, -0.1) is 0 Å². The fourth-order valence-corrected chi connectivity index (χ4v) is 2.32. The monoisotopic (exact) mass is 250 g/mol. The lowest BCUT2D eigenvalue weighted by Gasteiger charge is -2.00. The smallest absolute Gasteiger partial charge is 0.328 e. The average molecular weight is 250 g/mol. The van der Waals surface area contributed by atoms with Gasteiger partial charge >= 0.3 is 5.97 Å². The Morgan fingerprint density at radius 1 is 0.947 bits per heavy atom. The van der Waals surface area contributed by atoms with Crippen LogP contribution in [0.3, 0.4) is 0 Å². The van der Waals surface area contributed by atoms with Crippen molar-refractivity contribution in [3.05, 3.63) is 65.2 Å². The Hall–Kier alpha value is -2.68. The minimum atomic E-state index is -1.00. The van der Waals surface area contributed by atoms with E-state index in [2.05, 4.69) is 0 Å². The lowest BCUT2D eigenvalue weighted by Crippen LogP contribution is -1.95. The van der Waals surface area contributed by atoms with Crippen molar-refractivity contribution < 1.29 is 14.7 Å². The van der Waals surface area contributed by atoms with E-state index in [-0.39, 0.29) is 5.78 Å². The summed E-state index contributed by atoms with van der Waals surface area (Å²) >= 11 is 0. The first-order chi connectivity index (χ1) is 9.16. The van der Waals surface area contributed by atoms with Crippen molar-refractivity contribution in [1.82, 2.24) is 0 Å². The van der Waals surface area contributed by atoms with Gasteiger partial charge in [0.1, 0.15) is 0 Å². The van der Waals surface area contributed by atoms with Crippen LogP contribution in [0, 0.1) is 0 Å². The lowest BCUT2D eigenvalue weighted by molar-refractivity contribution is -0.131. The van der Waals surface area contributed by atoms with Crippen LogP contribution < -0.4 is 0 Å².